The Hall–Kier alpha value is -0.620. The van der Waals surface area contributed by atoms with Crippen molar-refractivity contribution in [2.75, 3.05) is 6.54 Å². The van der Waals surface area contributed by atoms with E-state index in [1.165, 1.54) is 4.31 Å². The second kappa shape index (κ2) is 4.33. The van der Waals surface area contributed by atoms with Crippen molar-refractivity contribution in [3.8, 4) is 0 Å². The summed E-state index contributed by atoms with van der Waals surface area (Å²) in [6.45, 7) is 5.43. The number of hydrogen-bond acceptors (Lipinski definition) is 3. The maximum atomic E-state index is 12.3. The van der Waals surface area contributed by atoms with Gasteiger partial charge in [0.15, 0.2) is 0 Å². The Morgan fingerprint density at radius 1 is 1.44 bits per heavy atom. The van der Waals surface area contributed by atoms with E-state index >= 15 is 0 Å². The fraction of sp³-hybridized carbons (Fsp3) is 0.900. The van der Waals surface area contributed by atoms with Gasteiger partial charge in [-0.25, -0.2) is 8.42 Å². The second-order valence-corrected chi connectivity index (χ2v) is 7.88. The molecule has 1 fully saturated rings. The highest BCUT2D eigenvalue weighted by Gasteiger charge is 2.42. The standard InChI is InChI=1S/C10H21N3O2S/c1-10(2,3)16(14,15)13(8-4-5-8)7-6-9(11)12/h8H,4-7H2,1-3H3,(H3,11,12). The fourth-order valence-corrected chi connectivity index (χ4v) is 3.08. The van der Waals surface area contributed by atoms with Gasteiger partial charge in [-0.15, -0.1) is 0 Å². The topological polar surface area (TPSA) is 87.2 Å². The van der Waals surface area contributed by atoms with Crippen LogP contribution in [0.4, 0.5) is 0 Å². The first-order valence-electron chi connectivity index (χ1n) is 5.50. The molecule has 0 amide bonds. The van der Waals surface area contributed by atoms with Crippen LogP contribution in [0.5, 0.6) is 0 Å². The van der Waals surface area contributed by atoms with E-state index in [0.717, 1.165) is 12.8 Å². The maximum absolute atomic E-state index is 12.3. The zero-order valence-electron chi connectivity index (χ0n) is 10.2. The van der Waals surface area contributed by atoms with Crippen LogP contribution in [0.3, 0.4) is 0 Å². The predicted octanol–water partition coefficient (Wildman–Crippen LogP) is 0.905. The summed E-state index contributed by atoms with van der Waals surface area (Å²) in [6, 6.07) is 0.128. The van der Waals surface area contributed by atoms with Crippen molar-refractivity contribution in [1.82, 2.24) is 4.31 Å². The molecule has 0 atom stereocenters. The van der Waals surface area contributed by atoms with Crippen molar-refractivity contribution in [2.45, 2.75) is 50.8 Å². The highest BCUT2D eigenvalue weighted by molar-refractivity contribution is 7.90. The Labute approximate surface area is 97.6 Å². The highest BCUT2D eigenvalue weighted by Crippen LogP contribution is 2.33. The molecule has 0 heterocycles. The number of nitrogens with zero attached hydrogens (tertiary/aromatic N) is 1. The average molecular weight is 247 g/mol. The third-order valence-electron chi connectivity index (χ3n) is 2.64. The molecule has 0 aromatic rings. The van der Waals surface area contributed by atoms with Crippen LogP contribution in [0.25, 0.3) is 0 Å². The largest absolute Gasteiger partial charge is 0.388 e. The average Bonchev–Trinajstić information content (AvgIpc) is 2.85. The third-order valence-corrected chi connectivity index (χ3v) is 5.28. The Bertz CT molecular complexity index is 366. The summed E-state index contributed by atoms with van der Waals surface area (Å²) in [5, 5.41) is 7.17. The normalized spacial score (nSPS) is 17.8. The number of hydrogen-bond donors (Lipinski definition) is 2. The molecule has 1 saturated carbocycles. The van der Waals surface area contributed by atoms with E-state index in [4.69, 9.17) is 11.1 Å². The Balaban J connectivity index is 2.82. The molecule has 0 unspecified atom stereocenters. The number of rotatable bonds is 5. The minimum atomic E-state index is -3.29. The molecule has 0 aromatic carbocycles. The Morgan fingerprint density at radius 2 is 1.94 bits per heavy atom. The summed E-state index contributed by atoms with van der Waals surface area (Å²) in [6.07, 6.45) is 2.16. The van der Waals surface area contributed by atoms with Gasteiger partial charge in [0.25, 0.3) is 0 Å². The van der Waals surface area contributed by atoms with Gasteiger partial charge in [-0.1, -0.05) is 0 Å². The minimum absolute atomic E-state index is 0.0368. The van der Waals surface area contributed by atoms with Crippen molar-refractivity contribution < 1.29 is 8.42 Å². The first-order valence-corrected chi connectivity index (χ1v) is 6.94. The van der Waals surface area contributed by atoms with Crippen LogP contribution in [0.15, 0.2) is 0 Å². The summed E-state index contributed by atoms with van der Waals surface area (Å²) in [4.78, 5) is 0. The van der Waals surface area contributed by atoms with E-state index in [1.54, 1.807) is 20.8 Å². The second-order valence-electron chi connectivity index (χ2n) is 5.23. The lowest BCUT2D eigenvalue weighted by Crippen LogP contribution is -2.45. The van der Waals surface area contributed by atoms with E-state index in [1.807, 2.05) is 0 Å². The molecular weight excluding hydrogens is 226 g/mol. The zero-order chi connectivity index (χ0) is 12.6. The molecule has 94 valence electrons. The summed E-state index contributed by atoms with van der Waals surface area (Å²) in [5.41, 5.74) is 5.28. The highest BCUT2D eigenvalue weighted by atomic mass is 32.2. The van der Waals surface area contributed by atoms with Crippen LogP contribution in [-0.2, 0) is 10.0 Å². The SMILES string of the molecule is CC(C)(C)S(=O)(=O)N(CCC(=N)N)C1CC1. The summed E-state index contributed by atoms with van der Waals surface area (Å²) in [5.74, 6) is 0.0368. The molecule has 0 saturated heterocycles. The van der Waals surface area contributed by atoms with Crippen molar-refractivity contribution >= 4 is 15.9 Å². The van der Waals surface area contributed by atoms with Crippen molar-refractivity contribution in [2.24, 2.45) is 5.73 Å². The molecule has 0 aromatic heterocycles. The quantitative estimate of drug-likeness (QED) is 0.559. The monoisotopic (exact) mass is 247 g/mol. The van der Waals surface area contributed by atoms with Gasteiger partial charge in [0.1, 0.15) is 0 Å². The lowest BCUT2D eigenvalue weighted by Gasteiger charge is -2.29. The molecule has 5 nitrogen and oxygen atoms in total. The van der Waals surface area contributed by atoms with Crippen LogP contribution in [0.2, 0.25) is 0 Å². The smallest absolute Gasteiger partial charge is 0.219 e. The zero-order valence-corrected chi connectivity index (χ0v) is 11.0. The summed E-state index contributed by atoms with van der Waals surface area (Å²) >= 11 is 0. The molecule has 6 heteroatoms. The number of nitrogens with two attached hydrogens (primary N) is 1. The number of amidine groups is 1. The van der Waals surface area contributed by atoms with Gasteiger partial charge in [0.2, 0.25) is 10.0 Å². The molecule has 3 N–H and O–H groups in total. The summed E-state index contributed by atoms with van der Waals surface area (Å²) < 4.78 is 25.3. The Morgan fingerprint density at radius 3 is 2.25 bits per heavy atom. The van der Waals surface area contributed by atoms with Gasteiger partial charge >= 0.3 is 0 Å². The lowest BCUT2D eigenvalue weighted by molar-refractivity contribution is 0.395. The molecule has 0 spiro atoms. The molecular formula is C10H21N3O2S. The van der Waals surface area contributed by atoms with Gasteiger partial charge in [0.05, 0.1) is 10.6 Å². The van der Waals surface area contributed by atoms with E-state index in [0.29, 0.717) is 13.0 Å². The van der Waals surface area contributed by atoms with Gasteiger partial charge in [-0.2, -0.15) is 4.31 Å². The fourth-order valence-electron chi connectivity index (χ4n) is 1.44. The van der Waals surface area contributed by atoms with Crippen molar-refractivity contribution in [1.29, 1.82) is 5.41 Å². The summed E-state index contributed by atoms with van der Waals surface area (Å²) in [7, 11) is -3.29. The van der Waals surface area contributed by atoms with E-state index in [9.17, 15) is 8.42 Å². The first-order chi connectivity index (χ1) is 7.16. The van der Waals surface area contributed by atoms with Gasteiger partial charge < -0.3 is 5.73 Å². The van der Waals surface area contributed by atoms with Crippen LogP contribution < -0.4 is 5.73 Å². The lowest BCUT2D eigenvalue weighted by atomic mass is 10.3. The van der Waals surface area contributed by atoms with Crippen molar-refractivity contribution in [3.05, 3.63) is 0 Å². The molecule has 0 aliphatic heterocycles. The first kappa shape index (κ1) is 13.4. The van der Waals surface area contributed by atoms with Crippen LogP contribution in [0.1, 0.15) is 40.0 Å². The van der Waals surface area contributed by atoms with E-state index in [-0.39, 0.29) is 11.9 Å². The molecule has 16 heavy (non-hydrogen) atoms. The Kier molecular flexibility index (Phi) is 3.64. The molecule has 0 radical (unpaired) electrons. The van der Waals surface area contributed by atoms with Crippen LogP contribution >= 0.6 is 0 Å². The number of sulfonamides is 1. The maximum Gasteiger partial charge on any atom is 0.219 e. The van der Waals surface area contributed by atoms with Gasteiger partial charge in [-0.05, 0) is 33.6 Å². The molecule has 1 aliphatic rings. The number of nitrogens with one attached hydrogen (secondary N) is 1. The molecule has 1 aliphatic carbocycles. The molecule has 1 rings (SSSR count). The third kappa shape index (κ3) is 2.95. The van der Waals surface area contributed by atoms with E-state index in [2.05, 4.69) is 0 Å². The minimum Gasteiger partial charge on any atom is -0.388 e. The van der Waals surface area contributed by atoms with Gasteiger partial charge in [0, 0.05) is 19.0 Å². The van der Waals surface area contributed by atoms with E-state index < -0.39 is 14.8 Å². The van der Waals surface area contributed by atoms with Crippen LogP contribution in [0, 0.1) is 5.41 Å². The van der Waals surface area contributed by atoms with Crippen molar-refractivity contribution in [3.63, 3.8) is 0 Å². The van der Waals surface area contributed by atoms with Gasteiger partial charge in [-0.3, -0.25) is 5.41 Å². The molecule has 0 bridgehead atoms. The van der Waals surface area contributed by atoms with Crippen LogP contribution in [-0.4, -0.2) is 35.9 Å². The predicted molar refractivity (Wildman–Crippen MR) is 64.9 cm³/mol.